The van der Waals surface area contributed by atoms with Crippen molar-refractivity contribution in [3.05, 3.63) is 28.2 Å². The highest BCUT2D eigenvalue weighted by atomic mass is 79.9. The standard InChI is InChI=1S/C12H14BrNO/c13-11-5-4-9(14)7-10(11)12(15)6-3-8-1-2-8/h4-5,7-8H,1-3,6,14H2. The van der Waals surface area contributed by atoms with Gasteiger partial charge in [0, 0.05) is 22.1 Å². The van der Waals surface area contributed by atoms with Crippen LogP contribution in [0.3, 0.4) is 0 Å². The van der Waals surface area contributed by atoms with E-state index in [-0.39, 0.29) is 5.78 Å². The number of carbonyl (C=O) groups excluding carboxylic acids is 1. The molecule has 1 aliphatic carbocycles. The lowest BCUT2D eigenvalue weighted by Crippen LogP contribution is -2.01. The highest BCUT2D eigenvalue weighted by molar-refractivity contribution is 9.10. The Morgan fingerprint density at radius 2 is 2.20 bits per heavy atom. The number of hydrogen-bond donors (Lipinski definition) is 1. The monoisotopic (exact) mass is 267 g/mol. The van der Waals surface area contributed by atoms with Gasteiger partial charge in [-0.2, -0.15) is 0 Å². The number of nitrogen functional groups attached to an aromatic ring is 1. The van der Waals surface area contributed by atoms with E-state index in [4.69, 9.17) is 5.73 Å². The Morgan fingerprint density at radius 3 is 2.87 bits per heavy atom. The summed E-state index contributed by atoms with van der Waals surface area (Å²) in [4.78, 5) is 11.9. The predicted octanol–water partition coefficient (Wildman–Crippen LogP) is 3.40. The Bertz CT molecular complexity index is 385. The molecule has 0 amide bonds. The molecule has 0 radical (unpaired) electrons. The van der Waals surface area contributed by atoms with Crippen molar-refractivity contribution in [2.75, 3.05) is 5.73 Å². The molecular weight excluding hydrogens is 254 g/mol. The zero-order valence-electron chi connectivity index (χ0n) is 8.50. The van der Waals surface area contributed by atoms with Crippen molar-refractivity contribution in [2.24, 2.45) is 5.92 Å². The molecule has 80 valence electrons. The van der Waals surface area contributed by atoms with Crippen LogP contribution in [0.1, 0.15) is 36.0 Å². The topological polar surface area (TPSA) is 43.1 Å². The fourth-order valence-corrected chi connectivity index (χ4v) is 2.10. The zero-order valence-corrected chi connectivity index (χ0v) is 10.1. The molecule has 1 aromatic rings. The van der Waals surface area contributed by atoms with E-state index in [0.717, 1.165) is 22.4 Å². The van der Waals surface area contributed by atoms with Crippen molar-refractivity contribution in [1.29, 1.82) is 0 Å². The van der Waals surface area contributed by atoms with Gasteiger partial charge in [-0.3, -0.25) is 4.79 Å². The van der Waals surface area contributed by atoms with Gasteiger partial charge in [-0.05, 0) is 30.5 Å². The van der Waals surface area contributed by atoms with Crippen molar-refractivity contribution >= 4 is 27.4 Å². The van der Waals surface area contributed by atoms with Crippen molar-refractivity contribution < 1.29 is 4.79 Å². The van der Waals surface area contributed by atoms with Crippen molar-refractivity contribution in [3.8, 4) is 0 Å². The van der Waals surface area contributed by atoms with Crippen LogP contribution in [0.15, 0.2) is 22.7 Å². The maximum Gasteiger partial charge on any atom is 0.164 e. The molecule has 0 spiro atoms. The van der Waals surface area contributed by atoms with Crippen LogP contribution in [-0.2, 0) is 0 Å². The highest BCUT2D eigenvalue weighted by Crippen LogP contribution is 2.34. The van der Waals surface area contributed by atoms with Gasteiger partial charge in [0.1, 0.15) is 0 Å². The normalized spacial score (nSPS) is 15.3. The number of nitrogens with two attached hydrogens (primary N) is 1. The molecule has 0 unspecified atom stereocenters. The first-order valence-corrected chi connectivity index (χ1v) is 6.04. The number of rotatable bonds is 4. The van der Waals surface area contributed by atoms with Gasteiger partial charge in [0.25, 0.3) is 0 Å². The van der Waals surface area contributed by atoms with Crippen LogP contribution in [0.2, 0.25) is 0 Å². The van der Waals surface area contributed by atoms with Crippen LogP contribution >= 0.6 is 15.9 Å². The van der Waals surface area contributed by atoms with Gasteiger partial charge < -0.3 is 5.73 Å². The summed E-state index contributed by atoms with van der Waals surface area (Å²) >= 11 is 3.38. The van der Waals surface area contributed by atoms with Gasteiger partial charge in [0.05, 0.1) is 0 Å². The number of benzene rings is 1. The molecular formula is C12H14BrNO. The fraction of sp³-hybridized carbons (Fsp3) is 0.417. The molecule has 1 fully saturated rings. The minimum Gasteiger partial charge on any atom is -0.399 e. The summed E-state index contributed by atoms with van der Waals surface area (Å²) in [7, 11) is 0. The van der Waals surface area contributed by atoms with E-state index < -0.39 is 0 Å². The van der Waals surface area contributed by atoms with E-state index in [1.54, 1.807) is 12.1 Å². The molecule has 1 aromatic carbocycles. The molecule has 0 bridgehead atoms. The molecule has 0 atom stereocenters. The Morgan fingerprint density at radius 1 is 1.47 bits per heavy atom. The maximum absolute atomic E-state index is 11.9. The SMILES string of the molecule is Nc1ccc(Br)c(C(=O)CCC2CC2)c1. The van der Waals surface area contributed by atoms with Gasteiger partial charge in [0.2, 0.25) is 0 Å². The Hall–Kier alpha value is -0.830. The number of ketones is 1. The number of hydrogen-bond acceptors (Lipinski definition) is 2. The summed E-state index contributed by atoms with van der Waals surface area (Å²) in [5, 5.41) is 0. The van der Waals surface area contributed by atoms with E-state index in [1.807, 2.05) is 6.07 Å². The van der Waals surface area contributed by atoms with Gasteiger partial charge in [-0.25, -0.2) is 0 Å². The zero-order chi connectivity index (χ0) is 10.8. The van der Waals surface area contributed by atoms with Crippen LogP contribution in [0.25, 0.3) is 0 Å². The smallest absolute Gasteiger partial charge is 0.164 e. The van der Waals surface area contributed by atoms with Gasteiger partial charge in [0.15, 0.2) is 5.78 Å². The Kier molecular flexibility index (Phi) is 3.10. The predicted molar refractivity (Wildman–Crippen MR) is 64.8 cm³/mol. The average Bonchev–Trinajstić information content (AvgIpc) is 3.02. The van der Waals surface area contributed by atoms with Gasteiger partial charge >= 0.3 is 0 Å². The molecule has 0 saturated heterocycles. The van der Waals surface area contributed by atoms with Crippen molar-refractivity contribution in [3.63, 3.8) is 0 Å². The lowest BCUT2D eigenvalue weighted by molar-refractivity contribution is 0.0977. The minimum absolute atomic E-state index is 0.195. The summed E-state index contributed by atoms with van der Waals surface area (Å²) in [5.74, 6) is 0.995. The molecule has 0 heterocycles. The van der Waals surface area contributed by atoms with E-state index in [2.05, 4.69) is 15.9 Å². The second-order valence-corrected chi connectivity index (χ2v) is 5.00. The Labute approximate surface area is 98.0 Å². The first-order valence-electron chi connectivity index (χ1n) is 5.25. The maximum atomic E-state index is 11.9. The van der Waals surface area contributed by atoms with Crippen LogP contribution in [0.5, 0.6) is 0 Å². The fourth-order valence-electron chi connectivity index (χ4n) is 1.63. The molecule has 2 rings (SSSR count). The highest BCUT2D eigenvalue weighted by Gasteiger charge is 2.22. The molecule has 0 aromatic heterocycles. The van der Waals surface area contributed by atoms with E-state index in [1.165, 1.54) is 12.8 Å². The average molecular weight is 268 g/mol. The van der Waals surface area contributed by atoms with E-state index in [9.17, 15) is 4.79 Å². The molecule has 1 aliphatic rings. The molecule has 1 saturated carbocycles. The summed E-state index contributed by atoms with van der Waals surface area (Å²) in [6.45, 7) is 0. The minimum atomic E-state index is 0.195. The lowest BCUT2D eigenvalue weighted by atomic mass is 10.0. The number of halogens is 1. The summed E-state index contributed by atoms with van der Waals surface area (Å²) in [6.07, 6.45) is 4.27. The van der Waals surface area contributed by atoms with Crippen molar-refractivity contribution in [2.45, 2.75) is 25.7 Å². The first-order chi connectivity index (χ1) is 7.16. The largest absolute Gasteiger partial charge is 0.399 e. The van der Waals surface area contributed by atoms with Gasteiger partial charge in [-0.15, -0.1) is 0 Å². The number of Topliss-reactive ketones (excluding diaryl/α,β-unsaturated/α-hetero) is 1. The quantitative estimate of drug-likeness (QED) is 0.671. The second kappa shape index (κ2) is 4.35. The van der Waals surface area contributed by atoms with Crippen molar-refractivity contribution in [1.82, 2.24) is 0 Å². The third-order valence-electron chi connectivity index (χ3n) is 2.77. The third kappa shape index (κ3) is 2.81. The molecule has 15 heavy (non-hydrogen) atoms. The van der Waals surface area contributed by atoms with Crippen LogP contribution in [0.4, 0.5) is 5.69 Å². The number of carbonyl (C=O) groups is 1. The lowest BCUT2D eigenvalue weighted by Gasteiger charge is -2.04. The molecule has 0 aliphatic heterocycles. The summed E-state index contributed by atoms with van der Waals surface area (Å²) < 4.78 is 0.845. The van der Waals surface area contributed by atoms with Gasteiger partial charge in [-0.1, -0.05) is 28.8 Å². The first kappa shape index (κ1) is 10.7. The summed E-state index contributed by atoms with van der Waals surface area (Å²) in [6, 6.07) is 5.38. The number of anilines is 1. The van der Waals surface area contributed by atoms with E-state index in [0.29, 0.717) is 12.1 Å². The summed E-state index contributed by atoms with van der Waals surface area (Å²) in [5.41, 5.74) is 7.02. The van der Waals surface area contributed by atoms with Crippen LogP contribution in [-0.4, -0.2) is 5.78 Å². The third-order valence-corrected chi connectivity index (χ3v) is 3.46. The second-order valence-electron chi connectivity index (χ2n) is 4.14. The Balaban J connectivity index is 2.05. The molecule has 2 N–H and O–H groups in total. The molecule has 3 heteroatoms. The van der Waals surface area contributed by atoms with E-state index >= 15 is 0 Å². The molecule has 2 nitrogen and oxygen atoms in total. The van der Waals surface area contributed by atoms with Crippen LogP contribution < -0.4 is 5.73 Å². The van der Waals surface area contributed by atoms with Crippen LogP contribution in [0, 0.1) is 5.92 Å².